The third-order valence-electron chi connectivity index (χ3n) is 3.21. The number of carbonyl (C=O) groups is 1. The smallest absolute Gasteiger partial charge is 0.240 e. The summed E-state index contributed by atoms with van der Waals surface area (Å²) in [5, 5.41) is 3.19. The third kappa shape index (κ3) is 1.57. The van der Waals surface area contributed by atoms with Crippen molar-refractivity contribution < 1.29 is 4.79 Å². The van der Waals surface area contributed by atoms with Crippen molar-refractivity contribution in [3.8, 4) is 0 Å². The van der Waals surface area contributed by atoms with E-state index in [1.54, 1.807) is 0 Å². The molecule has 1 N–H and O–H groups in total. The molecule has 1 saturated carbocycles. The van der Waals surface area contributed by atoms with Gasteiger partial charge in [-0.05, 0) is 32.1 Å². The van der Waals surface area contributed by atoms with E-state index < -0.39 is 0 Å². The second-order valence-electron chi connectivity index (χ2n) is 4.20. The van der Waals surface area contributed by atoms with E-state index in [0.717, 1.165) is 19.0 Å². The molecule has 74 valence electrons. The van der Waals surface area contributed by atoms with E-state index in [1.165, 1.54) is 12.8 Å². The van der Waals surface area contributed by atoms with E-state index in [9.17, 15) is 4.79 Å². The predicted octanol–water partition coefficient (Wildman–Crippen LogP) is 0.953. The van der Waals surface area contributed by atoms with Crippen molar-refractivity contribution in [2.75, 3.05) is 6.67 Å². The van der Waals surface area contributed by atoms with E-state index in [0.29, 0.717) is 11.9 Å². The summed E-state index contributed by atoms with van der Waals surface area (Å²) in [6.45, 7) is 4.89. The van der Waals surface area contributed by atoms with Gasteiger partial charge in [0.05, 0.1) is 12.7 Å². The van der Waals surface area contributed by atoms with E-state index in [2.05, 4.69) is 12.2 Å². The second kappa shape index (κ2) is 3.29. The average Bonchev–Trinajstić information content (AvgIpc) is 2.89. The SMILES string of the molecule is CCC(C1CC1)N1CNC(C)C1=O. The molecule has 2 atom stereocenters. The number of hydrogen-bond acceptors (Lipinski definition) is 2. The minimum atomic E-state index is 0.0350. The van der Waals surface area contributed by atoms with Crippen LogP contribution in [0.1, 0.15) is 33.1 Å². The van der Waals surface area contributed by atoms with Gasteiger partial charge in [-0.1, -0.05) is 6.92 Å². The molecular weight excluding hydrogens is 164 g/mol. The van der Waals surface area contributed by atoms with Gasteiger partial charge in [0, 0.05) is 6.04 Å². The Kier molecular flexibility index (Phi) is 2.28. The van der Waals surface area contributed by atoms with Crippen LogP contribution in [0.25, 0.3) is 0 Å². The summed E-state index contributed by atoms with van der Waals surface area (Å²) in [4.78, 5) is 13.7. The van der Waals surface area contributed by atoms with Crippen LogP contribution in [0.5, 0.6) is 0 Å². The molecule has 1 aliphatic carbocycles. The highest BCUT2D eigenvalue weighted by Gasteiger charge is 2.39. The first kappa shape index (κ1) is 9.00. The monoisotopic (exact) mass is 182 g/mol. The number of amides is 1. The molecule has 2 aliphatic rings. The zero-order valence-electron chi connectivity index (χ0n) is 8.42. The molecule has 1 amide bonds. The van der Waals surface area contributed by atoms with E-state index in [-0.39, 0.29) is 6.04 Å². The van der Waals surface area contributed by atoms with Crippen LogP contribution >= 0.6 is 0 Å². The van der Waals surface area contributed by atoms with Crippen molar-refractivity contribution in [3.63, 3.8) is 0 Å². The molecular formula is C10H18N2O. The van der Waals surface area contributed by atoms with Crippen molar-refractivity contribution >= 4 is 5.91 Å². The molecule has 0 aromatic carbocycles. The summed E-state index contributed by atoms with van der Waals surface area (Å²) in [7, 11) is 0. The Hall–Kier alpha value is -0.570. The summed E-state index contributed by atoms with van der Waals surface area (Å²) >= 11 is 0. The van der Waals surface area contributed by atoms with Gasteiger partial charge < -0.3 is 4.90 Å². The molecule has 0 aromatic heterocycles. The Labute approximate surface area is 79.5 Å². The summed E-state index contributed by atoms with van der Waals surface area (Å²) in [5.74, 6) is 1.08. The van der Waals surface area contributed by atoms with Crippen LogP contribution < -0.4 is 5.32 Å². The molecule has 1 aliphatic heterocycles. The Balaban J connectivity index is 2.02. The first-order valence-corrected chi connectivity index (χ1v) is 5.28. The predicted molar refractivity (Wildman–Crippen MR) is 51.1 cm³/mol. The minimum Gasteiger partial charge on any atom is -0.325 e. The molecule has 0 aromatic rings. The van der Waals surface area contributed by atoms with Gasteiger partial charge in [-0.25, -0.2) is 0 Å². The lowest BCUT2D eigenvalue weighted by Crippen LogP contribution is -2.39. The largest absolute Gasteiger partial charge is 0.325 e. The Morgan fingerprint density at radius 1 is 1.62 bits per heavy atom. The number of hydrogen-bond donors (Lipinski definition) is 1. The van der Waals surface area contributed by atoms with Crippen molar-refractivity contribution in [2.24, 2.45) is 5.92 Å². The Bertz CT molecular complexity index is 213. The van der Waals surface area contributed by atoms with Gasteiger partial charge in [0.15, 0.2) is 0 Å². The number of nitrogens with zero attached hydrogens (tertiary/aromatic N) is 1. The molecule has 3 nitrogen and oxygen atoms in total. The summed E-state index contributed by atoms with van der Waals surface area (Å²) in [6.07, 6.45) is 3.73. The molecule has 0 bridgehead atoms. The maximum absolute atomic E-state index is 11.7. The minimum absolute atomic E-state index is 0.0350. The molecule has 0 spiro atoms. The van der Waals surface area contributed by atoms with Gasteiger partial charge in [-0.2, -0.15) is 0 Å². The topological polar surface area (TPSA) is 32.3 Å². The van der Waals surface area contributed by atoms with Crippen molar-refractivity contribution in [2.45, 2.75) is 45.2 Å². The van der Waals surface area contributed by atoms with Crippen LogP contribution in [-0.4, -0.2) is 29.6 Å². The van der Waals surface area contributed by atoms with Crippen molar-refractivity contribution in [1.82, 2.24) is 10.2 Å². The van der Waals surface area contributed by atoms with E-state index in [1.807, 2.05) is 11.8 Å². The van der Waals surface area contributed by atoms with Crippen LogP contribution in [0.15, 0.2) is 0 Å². The normalized spacial score (nSPS) is 31.1. The number of carbonyl (C=O) groups excluding carboxylic acids is 1. The van der Waals surface area contributed by atoms with Crippen molar-refractivity contribution in [1.29, 1.82) is 0 Å². The van der Waals surface area contributed by atoms with Gasteiger partial charge in [0.25, 0.3) is 0 Å². The standard InChI is InChI=1S/C10H18N2O/c1-3-9(8-4-5-8)12-6-11-7(2)10(12)13/h7-9,11H,3-6H2,1-2H3. The highest BCUT2D eigenvalue weighted by molar-refractivity contribution is 5.83. The highest BCUT2D eigenvalue weighted by atomic mass is 16.2. The van der Waals surface area contributed by atoms with Gasteiger partial charge in [0.2, 0.25) is 5.91 Å². The highest BCUT2D eigenvalue weighted by Crippen LogP contribution is 2.37. The fourth-order valence-corrected chi connectivity index (χ4v) is 2.22. The quantitative estimate of drug-likeness (QED) is 0.705. The first-order chi connectivity index (χ1) is 6.24. The van der Waals surface area contributed by atoms with Gasteiger partial charge in [-0.3, -0.25) is 10.1 Å². The fraction of sp³-hybridized carbons (Fsp3) is 0.900. The summed E-state index contributed by atoms with van der Waals surface area (Å²) in [6, 6.07) is 0.540. The number of rotatable bonds is 3. The molecule has 2 fully saturated rings. The molecule has 13 heavy (non-hydrogen) atoms. The van der Waals surface area contributed by atoms with Gasteiger partial charge in [0.1, 0.15) is 0 Å². The van der Waals surface area contributed by atoms with Crippen LogP contribution in [-0.2, 0) is 4.79 Å². The second-order valence-corrected chi connectivity index (χ2v) is 4.20. The van der Waals surface area contributed by atoms with E-state index in [4.69, 9.17) is 0 Å². The Morgan fingerprint density at radius 3 is 2.69 bits per heavy atom. The fourth-order valence-electron chi connectivity index (χ4n) is 2.22. The van der Waals surface area contributed by atoms with Crippen LogP contribution in [0, 0.1) is 5.92 Å². The maximum Gasteiger partial charge on any atom is 0.240 e. The molecule has 0 radical (unpaired) electrons. The first-order valence-electron chi connectivity index (χ1n) is 5.28. The zero-order valence-corrected chi connectivity index (χ0v) is 8.42. The lowest BCUT2D eigenvalue weighted by atomic mass is 10.1. The molecule has 1 heterocycles. The lowest BCUT2D eigenvalue weighted by molar-refractivity contribution is -0.131. The van der Waals surface area contributed by atoms with Gasteiger partial charge in [-0.15, -0.1) is 0 Å². The van der Waals surface area contributed by atoms with Gasteiger partial charge >= 0.3 is 0 Å². The summed E-state index contributed by atoms with van der Waals surface area (Å²) in [5.41, 5.74) is 0. The Morgan fingerprint density at radius 2 is 2.31 bits per heavy atom. The average molecular weight is 182 g/mol. The number of nitrogens with one attached hydrogen (secondary N) is 1. The van der Waals surface area contributed by atoms with Crippen LogP contribution in [0.4, 0.5) is 0 Å². The molecule has 1 saturated heterocycles. The summed E-state index contributed by atoms with van der Waals surface area (Å²) < 4.78 is 0. The molecule has 2 rings (SSSR count). The maximum atomic E-state index is 11.7. The van der Waals surface area contributed by atoms with Crippen molar-refractivity contribution in [3.05, 3.63) is 0 Å². The van der Waals surface area contributed by atoms with E-state index >= 15 is 0 Å². The molecule has 3 heteroatoms. The van der Waals surface area contributed by atoms with Crippen LogP contribution in [0.2, 0.25) is 0 Å². The third-order valence-corrected chi connectivity index (χ3v) is 3.21. The van der Waals surface area contributed by atoms with Crippen LogP contribution in [0.3, 0.4) is 0 Å². The zero-order chi connectivity index (χ0) is 9.42. The lowest BCUT2D eigenvalue weighted by Gasteiger charge is -2.26. The molecule has 2 unspecified atom stereocenters.